The van der Waals surface area contributed by atoms with Gasteiger partial charge in [-0.1, -0.05) is 133 Å². The summed E-state index contributed by atoms with van der Waals surface area (Å²) in [4.78, 5) is 15.7. The maximum atomic E-state index is 5.30. The molecule has 4 saturated carbocycles. The summed E-state index contributed by atoms with van der Waals surface area (Å²) in [6, 6.07) is 55.8. The molecule has 4 fully saturated rings. The fraction of sp³-hybridized carbons (Fsp3) is 0.189. The van der Waals surface area contributed by atoms with Crippen LogP contribution in [0, 0.1) is 23.7 Å². The zero-order valence-corrected chi connectivity index (χ0v) is 32.3. The van der Waals surface area contributed by atoms with Crippen molar-refractivity contribution in [1.29, 1.82) is 0 Å². The summed E-state index contributed by atoms with van der Waals surface area (Å²) in [5, 5.41) is 5.45. The Bertz CT molecular complexity index is 3060. The summed E-state index contributed by atoms with van der Waals surface area (Å²) in [5.41, 5.74) is 11.5. The van der Waals surface area contributed by atoms with Crippen LogP contribution >= 0.6 is 11.3 Å². The van der Waals surface area contributed by atoms with Gasteiger partial charge >= 0.3 is 0 Å². The first-order chi connectivity index (χ1) is 28.2. The second kappa shape index (κ2) is 12.0. The molecule has 0 saturated heterocycles. The number of hydrogen-bond acceptors (Lipinski definition) is 4. The number of rotatable bonds is 4. The van der Waals surface area contributed by atoms with E-state index in [1.165, 1.54) is 90.9 Å². The van der Waals surface area contributed by atoms with Crippen molar-refractivity contribution < 1.29 is 0 Å². The smallest absolute Gasteiger partial charge is 0.164 e. The minimum absolute atomic E-state index is 0.0295. The monoisotopic (exact) mass is 749 g/mol. The van der Waals surface area contributed by atoms with E-state index in [-0.39, 0.29) is 5.41 Å². The lowest BCUT2D eigenvalue weighted by Crippen LogP contribution is -2.55. The summed E-state index contributed by atoms with van der Waals surface area (Å²) >= 11 is 1.86. The predicted octanol–water partition coefficient (Wildman–Crippen LogP) is 13.8. The van der Waals surface area contributed by atoms with E-state index in [0.717, 1.165) is 34.4 Å². The van der Waals surface area contributed by atoms with Crippen LogP contribution in [-0.2, 0) is 5.41 Å². The zero-order chi connectivity index (χ0) is 37.2. The molecule has 0 radical (unpaired) electrons. The fourth-order valence-corrected chi connectivity index (χ4v) is 13.3. The van der Waals surface area contributed by atoms with E-state index in [4.69, 9.17) is 15.0 Å². The summed E-state index contributed by atoms with van der Waals surface area (Å²) in [7, 11) is 0. The van der Waals surface area contributed by atoms with Gasteiger partial charge in [-0.2, -0.15) is 0 Å². The molecule has 4 bridgehead atoms. The normalized spacial score (nSPS) is 22.8. The summed E-state index contributed by atoms with van der Waals surface area (Å²) in [6.07, 6.45) is 6.84. The molecule has 5 aliphatic carbocycles. The van der Waals surface area contributed by atoms with Gasteiger partial charge in [0.2, 0.25) is 0 Å². The van der Waals surface area contributed by atoms with Crippen molar-refractivity contribution in [1.82, 2.24) is 15.0 Å². The highest BCUT2D eigenvalue weighted by molar-refractivity contribution is 7.25. The number of aromatic nitrogens is 3. The molecule has 0 atom stereocenters. The number of thiophene rings is 1. The van der Waals surface area contributed by atoms with Crippen LogP contribution in [0.1, 0.15) is 43.2 Å². The molecule has 7 aromatic carbocycles. The molecule has 3 nitrogen and oxygen atoms in total. The third-order valence-corrected chi connectivity index (χ3v) is 15.4. The highest BCUT2D eigenvalue weighted by atomic mass is 32.1. The first-order valence-corrected chi connectivity index (χ1v) is 21.5. The van der Waals surface area contributed by atoms with Crippen molar-refractivity contribution >= 4 is 42.3 Å². The van der Waals surface area contributed by atoms with Crippen LogP contribution in [-0.4, -0.2) is 15.0 Å². The third kappa shape index (κ3) is 4.68. The molecule has 272 valence electrons. The van der Waals surface area contributed by atoms with Crippen LogP contribution in [0.2, 0.25) is 0 Å². The van der Waals surface area contributed by atoms with Crippen molar-refractivity contribution in [3.05, 3.63) is 163 Å². The predicted molar refractivity (Wildman–Crippen MR) is 235 cm³/mol. The molecule has 57 heavy (non-hydrogen) atoms. The standard InChI is InChI=1S/C53H39N3S/c1-2-9-35(10-3-1)50-54-51(36-16-14-33(15-17-36)37-19-22-44-43-12-6-7-13-47(43)57-48(44)30-37)56-52(55-50)38-20-21-42-45-23-18-34-8-4-5-11-41(34)49(45)53(46(42)29-38)39-25-31-24-32(27-39)28-40(53)26-31/h1-23,29-32,39-40H,24-28H2. The SMILES string of the molecule is c1ccc(-c2nc(-c3ccc(-c4ccc5c(c4)sc4ccccc45)cc3)nc(-c3ccc4c(c3)C3(c5c-4ccc4ccccc54)C4CC5CC(C4)CC3C5)n2)cc1. The van der Waals surface area contributed by atoms with E-state index in [0.29, 0.717) is 23.5 Å². The Morgan fingerprint density at radius 1 is 0.421 bits per heavy atom. The van der Waals surface area contributed by atoms with E-state index < -0.39 is 0 Å². The highest BCUT2D eigenvalue weighted by Crippen LogP contribution is 2.70. The largest absolute Gasteiger partial charge is 0.208 e. The van der Waals surface area contributed by atoms with Crippen LogP contribution in [0.5, 0.6) is 0 Å². The van der Waals surface area contributed by atoms with Gasteiger partial charge in [-0.05, 0) is 118 Å². The average molecular weight is 750 g/mol. The van der Waals surface area contributed by atoms with Crippen molar-refractivity contribution in [2.75, 3.05) is 0 Å². The Hall–Kier alpha value is -5.97. The van der Waals surface area contributed by atoms with Gasteiger partial charge in [0.15, 0.2) is 17.5 Å². The molecule has 5 aliphatic rings. The lowest BCUT2D eigenvalue weighted by molar-refractivity contribution is -0.0393. The molecule has 0 N–H and O–H groups in total. The van der Waals surface area contributed by atoms with Gasteiger partial charge in [0.25, 0.3) is 0 Å². The lowest BCUT2D eigenvalue weighted by atomic mass is 9.43. The minimum atomic E-state index is 0.0295. The maximum Gasteiger partial charge on any atom is 0.164 e. The Balaban J connectivity index is 0.947. The molecular formula is C53H39N3S. The molecule has 0 amide bonds. The van der Waals surface area contributed by atoms with Crippen LogP contribution in [0.15, 0.2) is 152 Å². The summed E-state index contributed by atoms with van der Waals surface area (Å²) in [5.74, 6) is 5.24. The van der Waals surface area contributed by atoms with Crippen LogP contribution < -0.4 is 0 Å². The van der Waals surface area contributed by atoms with E-state index in [1.54, 1.807) is 5.56 Å². The topological polar surface area (TPSA) is 38.7 Å². The third-order valence-electron chi connectivity index (χ3n) is 14.3. The van der Waals surface area contributed by atoms with E-state index >= 15 is 0 Å². The Morgan fingerprint density at radius 3 is 1.77 bits per heavy atom. The Labute approximate surface area is 336 Å². The van der Waals surface area contributed by atoms with Crippen molar-refractivity contribution in [3.8, 4) is 56.4 Å². The number of hydrogen-bond donors (Lipinski definition) is 0. The molecular weight excluding hydrogens is 711 g/mol. The van der Waals surface area contributed by atoms with Gasteiger partial charge < -0.3 is 0 Å². The summed E-state index contributed by atoms with van der Waals surface area (Å²) < 4.78 is 2.64. The molecule has 0 aliphatic heterocycles. The first kappa shape index (κ1) is 32.2. The lowest BCUT2D eigenvalue weighted by Gasteiger charge is -2.61. The maximum absolute atomic E-state index is 5.30. The van der Waals surface area contributed by atoms with Crippen LogP contribution in [0.4, 0.5) is 0 Å². The average Bonchev–Trinajstić information content (AvgIpc) is 3.79. The van der Waals surface area contributed by atoms with Gasteiger partial charge in [0, 0.05) is 42.3 Å². The van der Waals surface area contributed by atoms with Crippen LogP contribution in [0.3, 0.4) is 0 Å². The van der Waals surface area contributed by atoms with Gasteiger partial charge in [-0.15, -0.1) is 11.3 Å². The van der Waals surface area contributed by atoms with Gasteiger partial charge in [0.05, 0.1) is 0 Å². The minimum Gasteiger partial charge on any atom is -0.208 e. The van der Waals surface area contributed by atoms with E-state index in [1.807, 2.05) is 17.4 Å². The highest BCUT2D eigenvalue weighted by Gasteiger charge is 2.62. The van der Waals surface area contributed by atoms with Gasteiger partial charge in [-0.25, -0.2) is 15.0 Å². The second-order valence-corrected chi connectivity index (χ2v) is 18.3. The van der Waals surface area contributed by atoms with E-state index in [9.17, 15) is 0 Å². The molecule has 2 heterocycles. The molecule has 4 heteroatoms. The molecule has 14 rings (SSSR count). The molecule has 9 aromatic rings. The summed E-state index contributed by atoms with van der Waals surface area (Å²) in [6.45, 7) is 0. The number of nitrogens with zero attached hydrogens (tertiary/aromatic N) is 3. The van der Waals surface area contributed by atoms with Crippen molar-refractivity contribution in [2.45, 2.75) is 37.5 Å². The number of fused-ring (bicyclic) bond motifs is 8. The van der Waals surface area contributed by atoms with Gasteiger partial charge in [-0.3, -0.25) is 0 Å². The van der Waals surface area contributed by atoms with Crippen molar-refractivity contribution in [3.63, 3.8) is 0 Å². The first-order valence-electron chi connectivity index (χ1n) is 20.7. The Morgan fingerprint density at radius 2 is 1.00 bits per heavy atom. The quantitative estimate of drug-likeness (QED) is 0.180. The fourth-order valence-electron chi connectivity index (χ4n) is 12.2. The van der Waals surface area contributed by atoms with Crippen molar-refractivity contribution in [2.24, 2.45) is 23.7 Å². The van der Waals surface area contributed by atoms with Crippen LogP contribution in [0.25, 0.3) is 87.4 Å². The van der Waals surface area contributed by atoms with Gasteiger partial charge in [0.1, 0.15) is 0 Å². The Kier molecular flexibility index (Phi) is 6.78. The van der Waals surface area contributed by atoms with E-state index in [2.05, 4.69) is 146 Å². The zero-order valence-electron chi connectivity index (χ0n) is 31.5. The molecule has 2 aromatic heterocycles. The number of benzene rings is 7. The molecule has 1 spiro atoms. The second-order valence-electron chi connectivity index (χ2n) is 17.2. The molecule has 0 unspecified atom stereocenters.